The lowest BCUT2D eigenvalue weighted by Gasteiger charge is -2.34. The molecule has 6 heteroatoms. The van der Waals surface area contributed by atoms with Gasteiger partial charge in [-0.25, -0.2) is 0 Å². The third-order valence-corrected chi connectivity index (χ3v) is 3.57. The Kier molecular flexibility index (Phi) is 4.49. The molecule has 2 aromatic rings. The standard InChI is InChI=1S/C17H19N3O3/c1-12-9-20(10-13(2)22-12)17-15(8-18)19-16(23-17)11-21-14-6-4-3-5-7-14/h3-7,12-13H,9-11H2,1-2H3. The SMILES string of the molecule is CC1CN(c2oc(COc3ccccc3)nc2C#N)CC(C)O1. The van der Waals surface area contributed by atoms with Crippen molar-refractivity contribution in [1.29, 1.82) is 5.26 Å². The number of anilines is 1. The zero-order chi connectivity index (χ0) is 16.2. The zero-order valence-corrected chi connectivity index (χ0v) is 13.2. The molecule has 2 atom stereocenters. The minimum atomic E-state index is 0.0828. The smallest absolute Gasteiger partial charge is 0.236 e. The van der Waals surface area contributed by atoms with Crippen molar-refractivity contribution < 1.29 is 13.9 Å². The molecule has 2 unspecified atom stereocenters. The minimum Gasteiger partial charge on any atom is -0.484 e. The summed E-state index contributed by atoms with van der Waals surface area (Å²) in [6.07, 6.45) is 0.166. The first-order valence-corrected chi connectivity index (χ1v) is 7.63. The Morgan fingerprint density at radius 2 is 1.96 bits per heavy atom. The molecule has 1 aliphatic rings. The van der Waals surface area contributed by atoms with Crippen LogP contribution >= 0.6 is 0 Å². The van der Waals surface area contributed by atoms with Crippen LogP contribution < -0.4 is 9.64 Å². The molecule has 0 saturated carbocycles. The van der Waals surface area contributed by atoms with Crippen LogP contribution in [0.4, 0.5) is 5.88 Å². The molecular formula is C17H19N3O3. The Bertz CT molecular complexity index is 683. The molecule has 1 aromatic carbocycles. The van der Waals surface area contributed by atoms with E-state index in [2.05, 4.69) is 11.1 Å². The lowest BCUT2D eigenvalue weighted by atomic mass is 10.2. The first kappa shape index (κ1) is 15.4. The van der Waals surface area contributed by atoms with Gasteiger partial charge in [0.15, 0.2) is 6.61 Å². The molecule has 0 N–H and O–H groups in total. The summed E-state index contributed by atoms with van der Waals surface area (Å²) in [4.78, 5) is 6.24. The number of hydrogen-bond acceptors (Lipinski definition) is 6. The molecule has 0 aliphatic carbocycles. The lowest BCUT2D eigenvalue weighted by molar-refractivity contribution is -0.00651. The van der Waals surface area contributed by atoms with E-state index in [-0.39, 0.29) is 24.5 Å². The van der Waals surface area contributed by atoms with E-state index >= 15 is 0 Å². The zero-order valence-electron chi connectivity index (χ0n) is 13.2. The van der Waals surface area contributed by atoms with Crippen molar-refractivity contribution in [3.05, 3.63) is 41.9 Å². The van der Waals surface area contributed by atoms with E-state index in [0.717, 1.165) is 5.75 Å². The van der Waals surface area contributed by atoms with Crippen molar-refractivity contribution in [2.75, 3.05) is 18.0 Å². The van der Waals surface area contributed by atoms with Crippen LogP contribution in [0.1, 0.15) is 25.4 Å². The Balaban J connectivity index is 1.74. The van der Waals surface area contributed by atoms with E-state index in [4.69, 9.17) is 13.9 Å². The van der Waals surface area contributed by atoms with Crippen LogP contribution in [0, 0.1) is 11.3 Å². The fourth-order valence-corrected chi connectivity index (χ4v) is 2.71. The first-order chi connectivity index (χ1) is 11.2. The van der Waals surface area contributed by atoms with Gasteiger partial charge in [-0.2, -0.15) is 10.2 Å². The molecule has 0 bridgehead atoms. The third-order valence-electron chi connectivity index (χ3n) is 3.57. The van der Waals surface area contributed by atoms with Gasteiger partial charge in [-0.1, -0.05) is 18.2 Å². The van der Waals surface area contributed by atoms with Crippen LogP contribution in [0.3, 0.4) is 0 Å². The number of ether oxygens (including phenoxy) is 2. The molecule has 0 radical (unpaired) electrons. The first-order valence-electron chi connectivity index (χ1n) is 7.63. The summed E-state index contributed by atoms with van der Waals surface area (Å²) < 4.78 is 17.1. The molecular weight excluding hydrogens is 294 g/mol. The normalized spacial score (nSPS) is 21.0. The molecule has 0 spiro atoms. The Hall–Kier alpha value is -2.52. The molecule has 1 aromatic heterocycles. The third kappa shape index (κ3) is 3.63. The maximum Gasteiger partial charge on any atom is 0.236 e. The molecule has 2 heterocycles. The minimum absolute atomic E-state index is 0.0828. The van der Waals surface area contributed by atoms with Crippen molar-refractivity contribution >= 4 is 5.88 Å². The van der Waals surface area contributed by atoms with Gasteiger partial charge in [-0.15, -0.1) is 0 Å². The van der Waals surface area contributed by atoms with Crippen LogP contribution in [0.25, 0.3) is 0 Å². The van der Waals surface area contributed by atoms with Crippen molar-refractivity contribution in [2.45, 2.75) is 32.7 Å². The van der Waals surface area contributed by atoms with E-state index in [1.165, 1.54) is 0 Å². The summed E-state index contributed by atoms with van der Waals surface area (Å²) in [7, 11) is 0. The van der Waals surface area contributed by atoms with Gasteiger partial charge in [0, 0.05) is 13.1 Å². The number of para-hydroxylation sites is 1. The summed E-state index contributed by atoms with van der Waals surface area (Å²) in [5, 5.41) is 9.31. The van der Waals surface area contributed by atoms with Crippen molar-refractivity contribution in [1.82, 2.24) is 4.98 Å². The van der Waals surface area contributed by atoms with Gasteiger partial charge in [0.2, 0.25) is 17.5 Å². The monoisotopic (exact) mass is 313 g/mol. The predicted octanol–water partition coefficient (Wildman–Crippen LogP) is 2.74. The molecule has 3 rings (SSSR count). The fraction of sp³-hybridized carbons (Fsp3) is 0.412. The van der Waals surface area contributed by atoms with Gasteiger partial charge in [-0.3, -0.25) is 0 Å². The highest BCUT2D eigenvalue weighted by Crippen LogP contribution is 2.26. The van der Waals surface area contributed by atoms with Crippen LogP contribution in [-0.2, 0) is 11.3 Å². The van der Waals surface area contributed by atoms with Crippen molar-refractivity contribution in [3.63, 3.8) is 0 Å². The van der Waals surface area contributed by atoms with Gasteiger partial charge in [0.05, 0.1) is 12.2 Å². The van der Waals surface area contributed by atoms with Gasteiger partial charge in [0.25, 0.3) is 0 Å². The van der Waals surface area contributed by atoms with Crippen LogP contribution in [0.15, 0.2) is 34.7 Å². The number of nitriles is 1. The number of morpholine rings is 1. The largest absolute Gasteiger partial charge is 0.484 e. The Morgan fingerprint density at radius 1 is 1.26 bits per heavy atom. The maximum absolute atomic E-state index is 9.31. The summed E-state index contributed by atoms with van der Waals surface area (Å²) in [6.45, 7) is 5.55. The number of benzene rings is 1. The van der Waals surface area contributed by atoms with Crippen LogP contribution in [-0.4, -0.2) is 30.3 Å². The second-order valence-electron chi connectivity index (χ2n) is 5.64. The lowest BCUT2D eigenvalue weighted by Crippen LogP contribution is -2.45. The molecule has 1 aliphatic heterocycles. The van der Waals surface area contributed by atoms with Gasteiger partial charge in [-0.05, 0) is 26.0 Å². The average Bonchev–Trinajstić information content (AvgIpc) is 2.96. The molecule has 6 nitrogen and oxygen atoms in total. The van der Waals surface area contributed by atoms with Crippen molar-refractivity contribution in [2.24, 2.45) is 0 Å². The number of rotatable bonds is 4. The topological polar surface area (TPSA) is 71.5 Å². The highest BCUT2D eigenvalue weighted by Gasteiger charge is 2.27. The van der Waals surface area contributed by atoms with Gasteiger partial charge < -0.3 is 18.8 Å². The molecule has 120 valence electrons. The van der Waals surface area contributed by atoms with E-state index in [1.807, 2.05) is 49.1 Å². The number of nitrogens with zero attached hydrogens (tertiary/aromatic N) is 3. The number of aromatic nitrogens is 1. The number of oxazole rings is 1. The van der Waals surface area contributed by atoms with Gasteiger partial charge in [0.1, 0.15) is 11.8 Å². The predicted molar refractivity (Wildman–Crippen MR) is 84.2 cm³/mol. The maximum atomic E-state index is 9.31. The van der Waals surface area contributed by atoms with E-state index in [9.17, 15) is 5.26 Å². The summed E-state index contributed by atoms with van der Waals surface area (Å²) in [5.74, 6) is 1.63. The number of hydrogen-bond donors (Lipinski definition) is 0. The second kappa shape index (κ2) is 6.71. The molecule has 1 saturated heterocycles. The highest BCUT2D eigenvalue weighted by atomic mass is 16.5. The summed E-state index contributed by atoms with van der Waals surface area (Å²) in [5.41, 5.74) is 0.290. The summed E-state index contributed by atoms with van der Waals surface area (Å²) in [6, 6.07) is 11.5. The Labute approximate surface area is 135 Å². The van der Waals surface area contributed by atoms with Crippen LogP contribution in [0.5, 0.6) is 5.75 Å². The highest BCUT2D eigenvalue weighted by molar-refractivity contribution is 5.48. The fourth-order valence-electron chi connectivity index (χ4n) is 2.71. The second-order valence-corrected chi connectivity index (χ2v) is 5.64. The van der Waals surface area contributed by atoms with E-state index in [0.29, 0.717) is 24.9 Å². The Morgan fingerprint density at radius 3 is 2.61 bits per heavy atom. The van der Waals surface area contributed by atoms with E-state index in [1.54, 1.807) is 0 Å². The molecule has 23 heavy (non-hydrogen) atoms. The molecule has 1 fully saturated rings. The van der Waals surface area contributed by atoms with E-state index < -0.39 is 0 Å². The molecule has 0 amide bonds. The summed E-state index contributed by atoms with van der Waals surface area (Å²) >= 11 is 0. The van der Waals surface area contributed by atoms with Gasteiger partial charge >= 0.3 is 0 Å². The quantitative estimate of drug-likeness (QED) is 0.864. The van der Waals surface area contributed by atoms with Crippen LogP contribution in [0.2, 0.25) is 0 Å². The van der Waals surface area contributed by atoms with Crippen molar-refractivity contribution in [3.8, 4) is 11.8 Å². The average molecular weight is 313 g/mol.